The minimum absolute atomic E-state index is 0.147. The van der Waals surface area contributed by atoms with Crippen LogP contribution in [0, 0.1) is 3.57 Å². The molecule has 1 fully saturated rings. The third kappa shape index (κ3) is 4.50. The van der Waals surface area contributed by atoms with Gasteiger partial charge >= 0.3 is 5.97 Å². The van der Waals surface area contributed by atoms with Gasteiger partial charge in [-0.2, -0.15) is 0 Å². The number of imide groups is 1. The SMILES string of the molecule is CC[C@H](C)OC(=O)CN1C(=O)S/C(=C\c2ccc(O)c(I)c2)C1=O. The molecule has 0 radical (unpaired) electrons. The molecule has 2 rings (SSSR count). The number of ether oxygens (including phenoxy) is 1. The summed E-state index contributed by atoms with van der Waals surface area (Å²) in [5.74, 6) is -0.977. The molecule has 0 bridgehead atoms. The lowest BCUT2D eigenvalue weighted by Crippen LogP contribution is -2.35. The highest BCUT2D eigenvalue weighted by atomic mass is 127. The van der Waals surface area contributed by atoms with E-state index in [1.54, 1.807) is 25.1 Å². The number of hydrogen-bond donors (Lipinski definition) is 1. The summed E-state index contributed by atoms with van der Waals surface area (Å²) < 4.78 is 5.73. The van der Waals surface area contributed by atoms with E-state index in [1.165, 1.54) is 6.07 Å². The Labute approximate surface area is 157 Å². The molecule has 8 heteroatoms. The molecule has 1 atom stereocenters. The third-order valence-corrected chi connectivity index (χ3v) is 5.11. The van der Waals surface area contributed by atoms with Crippen molar-refractivity contribution < 1.29 is 24.2 Å². The van der Waals surface area contributed by atoms with E-state index >= 15 is 0 Å². The number of aromatic hydroxyl groups is 1. The molecule has 1 aromatic rings. The molecule has 128 valence electrons. The summed E-state index contributed by atoms with van der Waals surface area (Å²) in [6.45, 7) is 3.23. The molecule has 1 heterocycles. The Morgan fingerprint density at radius 2 is 2.17 bits per heavy atom. The van der Waals surface area contributed by atoms with Crippen molar-refractivity contribution in [3.05, 3.63) is 32.2 Å². The van der Waals surface area contributed by atoms with E-state index in [9.17, 15) is 19.5 Å². The van der Waals surface area contributed by atoms with E-state index < -0.39 is 17.1 Å². The lowest BCUT2D eigenvalue weighted by molar-refractivity contribution is -0.150. The average molecular weight is 461 g/mol. The minimum Gasteiger partial charge on any atom is -0.507 e. The standard InChI is InChI=1S/C16H16INO5S/c1-3-9(2)23-14(20)8-18-15(21)13(24-16(18)22)7-10-4-5-12(19)11(17)6-10/h4-7,9,19H,3,8H2,1-2H3/b13-7-/t9-/m0/s1. The normalized spacial score (nSPS) is 17.5. The number of carbonyl (C=O) groups is 3. The summed E-state index contributed by atoms with van der Waals surface area (Å²) in [4.78, 5) is 37.2. The van der Waals surface area contributed by atoms with Crippen LogP contribution in [0.3, 0.4) is 0 Å². The van der Waals surface area contributed by atoms with Crippen LogP contribution >= 0.6 is 34.4 Å². The summed E-state index contributed by atoms with van der Waals surface area (Å²) in [6.07, 6.45) is 1.96. The maximum Gasteiger partial charge on any atom is 0.326 e. The number of phenols is 1. The van der Waals surface area contributed by atoms with Crippen molar-refractivity contribution in [3.63, 3.8) is 0 Å². The Kier molecular flexibility index (Phi) is 6.27. The number of nitrogens with zero attached hydrogens (tertiary/aromatic N) is 1. The molecule has 1 aliphatic rings. The summed E-state index contributed by atoms with van der Waals surface area (Å²) in [5.41, 5.74) is 0.685. The summed E-state index contributed by atoms with van der Waals surface area (Å²) in [7, 11) is 0. The van der Waals surface area contributed by atoms with E-state index in [4.69, 9.17) is 4.74 Å². The van der Waals surface area contributed by atoms with E-state index in [0.29, 0.717) is 15.6 Å². The second-order valence-electron chi connectivity index (χ2n) is 5.19. The van der Waals surface area contributed by atoms with Crippen molar-refractivity contribution >= 4 is 57.5 Å². The molecule has 1 aliphatic heterocycles. The average Bonchev–Trinajstić information content (AvgIpc) is 2.78. The molecule has 0 saturated carbocycles. The highest BCUT2D eigenvalue weighted by molar-refractivity contribution is 14.1. The van der Waals surface area contributed by atoms with Crippen LogP contribution in [0.5, 0.6) is 5.75 Å². The first kappa shape index (κ1) is 18.8. The molecule has 1 aromatic carbocycles. The number of benzene rings is 1. The predicted octanol–water partition coefficient (Wildman–Crippen LogP) is 3.37. The predicted molar refractivity (Wildman–Crippen MR) is 99.3 cm³/mol. The van der Waals surface area contributed by atoms with Crippen molar-refractivity contribution in [2.75, 3.05) is 6.54 Å². The number of hydrogen-bond acceptors (Lipinski definition) is 6. The fraction of sp³-hybridized carbons (Fsp3) is 0.312. The van der Waals surface area contributed by atoms with Gasteiger partial charge in [0.1, 0.15) is 12.3 Å². The second-order valence-corrected chi connectivity index (χ2v) is 7.34. The zero-order valence-corrected chi connectivity index (χ0v) is 16.1. The monoisotopic (exact) mass is 461 g/mol. The Morgan fingerprint density at radius 3 is 2.79 bits per heavy atom. The van der Waals surface area contributed by atoms with Crippen LogP contribution in [0.15, 0.2) is 23.1 Å². The fourth-order valence-corrected chi connectivity index (χ4v) is 3.25. The number of halogens is 1. The molecule has 24 heavy (non-hydrogen) atoms. The van der Waals surface area contributed by atoms with Gasteiger partial charge in [0.25, 0.3) is 11.1 Å². The van der Waals surface area contributed by atoms with Gasteiger partial charge in [-0.05, 0) is 71.5 Å². The molecule has 0 spiro atoms. The van der Waals surface area contributed by atoms with Crippen molar-refractivity contribution in [1.82, 2.24) is 4.90 Å². The summed E-state index contributed by atoms with van der Waals surface area (Å²) in [5, 5.41) is 9.02. The number of carbonyl (C=O) groups excluding carboxylic acids is 3. The molecule has 1 saturated heterocycles. The van der Waals surface area contributed by atoms with E-state index in [0.717, 1.165) is 16.7 Å². The Bertz CT molecular complexity index is 718. The number of phenolic OH excluding ortho intramolecular Hbond substituents is 1. The highest BCUT2D eigenvalue weighted by Crippen LogP contribution is 2.33. The molecule has 0 aliphatic carbocycles. The number of esters is 1. The van der Waals surface area contributed by atoms with E-state index in [2.05, 4.69) is 0 Å². The van der Waals surface area contributed by atoms with Crippen LogP contribution in [0.4, 0.5) is 4.79 Å². The third-order valence-electron chi connectivity index (χ3n) is 3.34. The van der Waals surface area contributed by atoms with Gasteiger partial charge in [-0.1, -0.05) is 13.0 Å². The van der Waals surface area contributed by atoms with E-state index in [-0.39, 0.29) is 23.3 Å². The van der Waals surface area contributed by atoms with Crippen LogP contribution < -0.4 is 0 Å². The first-order chi connectivity index (χ1) is 11.3. The lowest BCUT2D eigenvalue weighted by Gasteiger charge is -2.14. The minimum atomic E-state index is -0.605. The van der Waals surface area contributed by atoms with Gasteiger partial charge in [0.2, 0.25) is 0 Å². The Balaban J connectivity index is 2.11. The highest BCUT2D eigenvalue weighted by Gasteiger charge is 2.36. The maximum atomic E-state index is 12.3. The van der Waals surface area contributed by atoms with Crippen LogP contribution in [-0.4, -0.2) is 39.8 Å². The largest absolute Gasteiger partial charge is 0.507 e. The number of amides is 2. The molecular weight excluding hydrogens is 445 g/mol. The van der Waals surface area contributed by atoms with Gasteiger partial charge < -0.3 is 9.84 Å². The van der Waals surface area contributed by atoms with Gasteiger partial charge in [0, 0.05) is 0 Å². The van der Waals surface area contributed by atoms with Crippen LogP contribution in [0.25, 0.3) is 6.08 Å². The van der Waals surface area contributed by atoms with E-state index in [1.807, 2.05) is 29.5 Å². The van der Waals surface area contributed by atoms with Gasteiger partial charge in [-0.3, -0.25) is 19.3 Å². The Morgan fingerprint density at radius 1 is 1.46 bits per heavy atom. The fourth-order valence-electron chi connectivity index (χ4n) is 1.87. The van der Waals surface area contributed by atoms with Crippen LogP contribution in [0.1, 0.15) is 25.8 Å². The van der Waals surface area contributed by atoms with Gasteiger partial charge in [0.05, 0.1) is 14.6 Å². The van der Waals surface area contributed by atoms with Crippen molar-refractivity contribution in [1.29, 1.82) is 0 Å². The molecule has 0 aromatic heterocycles. The van der Waals surface area contributed by atoms with Crippen LogP contribution in [-0.2, 0) is 14.3 Å². The Hall–Kier alpha value is -1.55. The molecule has 0 unspecified atom stereocenters. The van der Waals surface area contributed by atoms with Crippen molar-refractivity contribution in [2.45, 2.75) is 26.4 Å². The molecule has 2 amide bonds. The first-order valence-electron chi connectivity index (χ1n) is 7.25. The van der Waals surface area contributed by atoms with Crippen molar-refractivity contribution in [2.24, 2.45) is 0 Å². The summed E-state index contributed by atoms with van der Waals surface area (Å²) >= 11 is 2.75. The van der Waals surface area contributed by atoms with Gasteiger partial charge in [0.15, 0.2) is 0 Å². The zero-order chi connectivity index (χ0) is 17.9. The molecular formula is C16H16INO5S. The second kappa shape index (κ2) is 8.02. The van der Waals surface area contributed by atoms with Crippen molar-refractivity contribution in [3.8, 4) is 5.75 Å². The van der Waals surface area contributed by atoms with Gasteiger partial charge in [-0.25, -0.2) is 0 Å². The number of rotatable bonds is 5. The molecule has 6 nitrogen and oxygen atoms in total. The topological polar surface area (TPSA) is 83.9 Å². The van der Waals surface area contributed by atoms with Gasteiger partial charge in [-0.15, -0.1) is 0 Å². The first-order valence-corrected chi connectivity index (χ1v) is 9.14. The zero-order valence-electron chi connectivity index (χ0n) is 13.1. The maximum absolute atomic E-state index is 12.3. The smallest absolute Gasteiger partial charge is 0.326 e. The lowest BCUT2D eigenvalue weighted by atomic mass is 10.2. The van der Waals surface area contributed by atoms with Crippen LogP contribution in [0.2, 0.25) is 0 Å². The molecule has 1 N–H and O–H groups in total. The number of thioether (sulfide) groups is 1. The summed E-state index contributed by atoms with van der Waals surface area (Å²) in [6, 6.07) is 4.85. The quantitative estimate of drug-likeness (QED) is 0.411.